The monoisotopic (exact) mass is 322 g/mol. The Labute approximate surface area is 131 Å². The van der Waals surface area contributed by atoms with E-state index in [1.807, 2.05) is 12.1 Å². The third kappa shape index (κ3) is 2.57. The highest BCUT2D eigenvalue weighted by Crippen LogP contribution is 2.34. The minimum Gasteiger partial charge on any atom is -0.388 e. The predicted molar refractivity (Wildman–Crippen MR) is 87.0 cm³/mol. The van der Waals surface area contributed by atoms with Crippen LogP contribution in [0.15, 0.2) is 47.8 Å². The van der Waals surface area contributed by atoms with Crippen molar-refractivity contribution in [2.45, 2.75) is 12.5 Å². The first-order valence-electron chi connectivity index (χ1n) is 6.24. The van der Waals surface area contributed by atoms with E-state index in [0.29, 0.717) is 22.0 Å². The van der Waals surface area contributed by atoms with Crippen LogP contribution in [0.5, 0.6) is 0 Å². The van der Waals surface area contributed by atoms with E-state index in [1.165, 1.54) is 10.1 Å². The molecule has 1 heterocycles. The van der Waals surface area contributed by atoms with Gasteiger partial charge in [-0.25, -0.2) is 0 Å². The minimum atomic E-state index is -0.700. The van der Waals surface area contributed by atoms with Gasteiger partial charge in [0.25, 0.3) is 0 Å². The van der Waals surface area contributed by atoms with E-state index in [1.54, 1.807) is 29.5 Å². The molecule has 0 fully saturated rings. The Morgan fingerprint density at radius 2 is 1.70 bits per heavy atom. The summed E-state index contributed by atoms with van der Waals surface area (Å²) >= 11 is 14.0. The summed E-state index contributed by atoms with van der Waals surface area (Å²) in [4.78, 5) is 0. The normalized spacial score (nSPS) is 12.8. The summed E-state index contributed by atoms with van der Waals surface area (Å²) in [6.07, 6.45) is -0.192. The van der Waals surface area contributed by atoms with Gasteiger partial charge in [-0.1, -0.05) is 47.5 Å². The van der Waals surface area contributed by atoms with E-state index in [2.05, 4.69) is 17.5 Å². The van der Waals surface area contributed by atoms with Crippen LogP contribution in [0.3, 0.4) is 0 Å². The lowest BCUT2D eigenvalue weighted by atomic mass is 10.0. The molecule has 4 heteroatoms. The molecule has 0 bridgehead atoms. The average molecular weight is 323 g/mol. The fraction of sp³-hybridized carbons (Fsp3) is 0.125. The van der Waals surface area contributed by atoms with Crippen LogP contribution < -0.4 is 0 Å². The quantitative estimate of drug-likeness (QED) is 0.676. The lowest BCUT2D eigenvalue weighted by Crippen LogP contribution is -2.03. The molecule has 0 aliphatic rings. The molecule has 102 valence electrons. The van der Waals surface area contributed by atoms with E-state index >= 15 is 0 Å². The number of rotatable bonds is 3. The number of fused-ring (bicyclic) bond motifs is 1. The van der Waals surface area contributed by atoms with Gasteiger partial charge in [0.05, 0.1) is 6.10 Å². The van der Waals surface area contributed by atoms with E-state index in [9.17, 15) is 5.11 Å². The van der Waals surface area contributed by atoms with Crippen molar-refractivity contribution >= 4 is 44.6 Å². The fourth-order valence-electron chi connectivity index (χ4n) is 2.33. The van der Waals surface area contributed by atoms with Gasteiger partial charge in [-0.2, -0.15) is 0 Å². The van der Waals surface area contributed by atoms with Crippen LogP contribution in [0, 0.1) is 0 Å². The molecular weight excluding hydrogens is 311 g/mol. The van der Waals surface area contributed by atoms with Gasteiger partial charge in [-0.05, 0) is 34.5 Å². The molecule has 0 radical (unpaired) electrons. The molecule has 0 spiro atoms. The van der Waals surface area contributed by atoms with E-state index in [0.717, 1.165) is 5.56 Å². The van der Waals surface area contributed by atoms with Crippen molar-refractivity contribution in [1.82, 2.24) is 0 Å². The molecule has 1 aromatic heterocycles. The zero-order valence-corrected chi connectivity index (χ0v) is 12.8. The molecule has 1 N–H and O–H groups in total. The number of halogens is 2. The van der Waals surface area contributed by atoms with Crippen LogP contribution in [0.4, 0.5) is 0 Å². The molecule has 3 aromatic rings. The lowest BCUT2D eigenvalue weighted by Gasteiger charge is -2.14. The Kier molecular flexibility index (Phi) is 3.99. The number of hydrogen-bond acceptors (Lipinski definition) is 2. The molecular formula is C16H12Cl2OS. The highest BCUT2D eigenvalue weighted by Gasteiger charge is 2.17. The van der Waals surface area contributed by atoms with Gasteiger partial charge in [-0.3, -0.25) is 0 Å². The molecule has 2 aromatic carbocycles. The molecule has 1 atom stereocenters. The summed E-state index contributed by atoms with van der Waals surface area (Å²) in [5, 5.41) is 14.7. The number of benzene rings is 2. The molecule has 1 nitrogen and oxygen atoms in total. The first-order valence-corrected chi connectivity index (χ1v) is 7.87. The van der Waals surface area contributed by atoms with E-state index in [4.69, 9.17) is 23.2 Å². The third-order valence-electron chi connectivity index (χ3n) is 3.31. The summed E-state index contributed by atoms with van der Waals surface area (Å²) in [6.45, 7) is 0. The van der Waals surface area contributed by atoms with Crippen molar-refractivity contribution in [2.24, 2.45) is 0 Å². The highest BCUT2D eigenvalue weighted by atomic mass is 35.5. The number of aliphatic hydroxyl groups excluding tert-OH is 1. The number of hydrogen-bond donors (Lipinski definition) is 1. The second-order valence-corrected chi connectivity index (χ2v) is 6.34. The molecule has 0 aliphatic carbocycles. The lowest BCUT2D eigenvalue weighted by molar-refractivity contribution is 0.179. The third-order valence-corrected chi connectivity index (χ3v) is 4.98. The second kappa shape index (κ2) is 5.74. The van der Waals surface area contributed by atoms with Crippen LogP contribution in [0.2, 0.25) is 10.0 Å². The summed E-state index contributed by atoms with van der Waals surface area (Å²) in [5.41, 5.74) is 1.72. The molecule has 0 saturated heterocycles. The molecule has 20 heavy (non-hydrogen) atoms. The summed E-state index contributed by atoms with van der Waals surface area (Å²) < 4.78 is 1.22. The van der Waals surface area contributed by atoms with Crippen molar-refractivity contribution in [2.75, 3.05) is 0 Å². The topological polar surface area (TPSA) is 20.2 Å². The van der Waals surface area contributed by atoms with Crippen LogP contribution in [0.25, 0.3) is 10.1 Å². The average Bonchev–Trinajstić information content (AvgIpc) is 2.82. The summed E-state index contributed by atoms with van der Waals surface area (Å²) in [5.74, 6) is 0. The maximum Gasteiger partial charge on any atom is 0.0859 e. The standard InChI is InChI=1S/C16H12Cl2OS/c17-12-5-3-6-13(18)16(12)14(19)8-10-9-20-15-7-2-1-4-11(10)15/h1-7,9,14,19H,8H2. The van der Waals surface area contributed by atoms with Gasteiger partial charge in [0.2, 0.25) is 0 Å². The molecule has 3 rings (SSSR count). The number of thiophene rings is 1. The van der Waals surface area contributed by atoms with Gasteiger partial charge in [0.15, 0.2) is 0 Å². The zero-order chi connectivity index (χ0) is 14.1. The SMILES string of the molecule is OC(Cc1csc2ccccc12)c1c(Cl)cccc1Cl. The van der Waals surface area contributed by atoms with Gasteiger partial charge in [-0.15, -0.1) is 11.3 Å². The van der Waals surface area contributed by atoms with Gasteiger partial charge < -0.3 is 5.11 Å². The van der Waals surface area contributed by atoms with Crippen LogP contribution in [-0.4, -0.2) is 5.11 Å². The first-order chi connectivity index (χ1) is 9.66. The van der Waals surface area contributed by atoms with Gasteiger partial charge >= 0.3 is 0 Å². The minimum absolute atomic E-state index is 0.504. The van der Waals surface area contributed by atoms with Crippen molar-refractivity contribution < 1.29 is 5.11 Å². The van der Waals surface area contributed by atoms with Crippen molar-refractivity contribution in [3.8, 4) is 0 Å². The maximum atomic E-state index is 10.4. The van der Waals surface area contributed by atoms with Crippen molar-refractivity contribution in [3.63, 3.8) is 0 Å². The fourth-order valence-corrected chi connectivity index (χ4v) is 3.96. The summed E-state index contributed by atoms with van der Waals surface area (Å²) in [6, 6.07) is 13.5. The Morgan fingerprint density at radius 1 is 1.00 bits per heavy atom. The molecule has 0 saturated carbocycles. The smallest absolute Gasteiger partial charge is 0.0859 e. The largest absolute Gasteiger partial charge is 0.388 e. The summed E-state index contributed by atoms with van der Waals surface area (Å²) in [7, 11) is 0. The Balaban J connectivity index is 1.95. The van der Waals surface area contributed by atoms with Crippen molar-refractivity contribution in [1.29, 1.82) is 0 Å². The number of aliphatic hydroxyl groups is 1. The van der Waals surface area contributed by atoms with Gasteiger partial charge in [0, 0.05) is 26.7 Å². The molecule has 1 unspecified atom stereocenters. The predicted octanol–water partition coefficient (Wildman–Crippen LogP) is 5.48. The second-order valence-electron chi connectivity index (χ2n) is 4.61. The Bertz CT molecular complexity index is 731. The van der Waals surface area contributed by atoms with Gasteiger partial charge in [0.1, 0.15) is 0 Å². The Hall–Kier alpha value is -1.06. The zero-order valence-electron chi connectivity index (χ0n) is 10.5. The first kappa shape index (κ1) is 13.9. The highest BCUT2D eigenvalue weighted by molar-refractivity contribution is 7.17. The Morgan fingerprint density at radius 3 is 2.45 bits per heavy atom. The van der Waals surface area contributed by atoms with Crippen molar-refractivity contribution in [3.05, 3.63) is 69.0 Å². The maximum absolute atomic E-state index is 10.4. The van der Waals surface area contributed by atoms with E-state index in [-0.39, 0.29) is 0 Å². The molecule has 0 amide bonds. The van der Waals surface area contributed by atoms with Crippen LogP contribution >= 0.6 is 34.5 Å². The molecule has 0 aliphatic heterocycles. The van der Waals surface area contributed by atoms with E-state index < -0.39 is 6.10 Å². The van der Waals surface area contributed by atoms with Crippen LogP contribution in [-0.2, 0) is 6.42 Å². The van der Waals surface area contributed by atoms with Crippen LogP contribution in [0.1, 0.15) is 17.2 Å².